The molecule has 0 aromatic heterocycles. The van der Waals surface area contributed by atoms with Crippen LogP contribution in [-0.2, 0) is 11.3 Å². The highest BCUT2D eigenvalue weighted by Crippen LogP contribution is 2.38. The molecule has 46 heavy (non-hydrogen) atoms. The summed E-state index contributed by atoms with van der Waals surface area (Å²) in [6, 6.07) is 10.1. The minimum absolute atomic E-state index is 0.0394. The van der Waals surface area contributed by atoms with Gasteiger partial charge >= 0.3 is 6.18 Å². The Morgan fingerprint density at radius 3 is 2.11 bits per heavy atom. The number of amides is 3. The van der Waals surface area contributed by atoms with Crippen LogP contribution in [0.5, 0.6) is 0 Å². The van der Waals surface area contributed by atoms with Gasteiger partial charge < -0.3 is 20.9 Å². The largest absolute Gasteiger partial charge is 0.402 e. The van der Waals surface area contributed by atoms with Gasteiger partial charge in [-0.1, -0.05) is 29.3 Å². The smallest absolute Gasteiger partial charge is 0.371 e. The Labute approximate surface area is 270 Å². The fourth-order valence-corrected chi connectivity index (χ4v) is 5.00. The molecule has 1 aliphatic rings. The summed E-state index contributed by atoms with van der Waals surface area (Å²) in [6.07, 6.45) is -5.39. The van der Waals surface area contributed by atoms with Gasteiger partial charge in [0, 0.05) is 42.3 Å². The summed E-state index contributed by atoms with van der Waals surface area (Å²) in [7, 11) is 0. The monoisotopic (exact) mass is 688 g/mol. The molecular formula is C31H28Cl2F6N4O3. The van der Waals surface area contributed by atoms with E-state index in [9.17, 15) is 36.3 Å². The first-order valence-corrected chi connectivity index (χ1v) is 14.7. The fraction of sp³-hybridized carbons (Fsp3) is 0.323. The normalized spacial score (nSPS) is 14.2. The summed E-state index contributed by atoms with van der Waals surface area (Å²) in [5, 5.41) is 6.55. The summed E-state index contributed by atoms with van der Waals surface area (Å²) < 4.78 is 82.6. The third kappa shape index (κ3) is 7.69. The minimum atomic E-state index is -4.86. The number of rotatable bonds is 8. The van der Waals surface area contributed by atoms with Crippen LogP contribution in [0, 0.1) is 17.0 Å². The highest BCUT2D eigenvalue weighted by molar-refractivity contribution is 6.34. The molecule has 246 valence electrons. The van der Waals surface area contributed by atoms with Crippen LogP contribution in [0.3, 0.4) is 0 Å². The standard InChI is InChI=1S/C31H28Cl2F6N4O3/c1-30(2,31(37,38)39)29(46)40-15-16-3-6-21(32)25(26(16)36)28(45)42-18-5-8-24(43-11-9-17(34)10-12-43)20(13-18)27(44)41-19-4-7-23(35)22(33)14-19/h3-8,13-14,17H,9-12,15H2,1-2H3,(H,40,46)(H,41,44)(H,42,45). The summed E-state index contributed by atoms with van der Waals surface area (Å²) in [6.45, 7) is 1.30. The van der Waals surface area contributed by atoms with Crippen molar-refractivity contribution >= 4 is 58.0 Å². The zero-order valence-corrected chi connectivity index (χ0v) is 25.9. The van der Waals surface area contributed by atoms with E-state index >= 15 is 4.39 Å². The molecule has 1 heterocycles. The lowest BCUT2D eigenvalue weighted by Gasteiger charge is -2.32. The molecule has 3 N–H and O–H groups in total. The van der Waals surface area contributed by atoms with Crippen LogP contribution in [0.4, 0.5) is 43.4 Å². The lowest BCUT2D eigenvalue weighted by molar-refractivity contribution is -0.211. The van der Waals surface area contributed by atoms with E-state index in [1.165, 1.54) is 30.3 Å². The molecule has 3 aromatic rings. The SMILES string of the molecule is CC(C)(C(=O)NCc1ccc(Cl)c(C(=O)Nc2ccc(N3CCC(F)CC3)c(C(=O)Nc3ccc(F)c(Cl)c3)c2)c1F)C(F)(F)F. The number of carbonyl (C=O) groups is 3. The zero-order chi connectivity index (χ0) is 34.0. The van der Waals surface area contributed by atoms with E-state index in [0.29, 0.717) is 32.6 Å². The van der Waals surface area contributed by atoms with Crippen molar-refractivity contribution in [2.24, 2.45) is 5.41 Å². The molecule has 0 atom stereocenters. The number of carbonyl (C=O) groups excluding carboxylic acids is 3. The van der Waals surface area contributed by atoms with Crippen LogP contribution in [0.15, 0.2) is 48.5 Å². The first-order chi connectivity index (χ1) is 21.5. The number of benzene rings is 3. The molecule has 0 unspecified atom stereocenters. The van der Waals surface area contributed by atoms with Gasteiger partial charge in [0.1, 0.15) is 23.2 Å². The van der Waals surface area contributed by atoms with Gasteiger partial charge in [0.25, 0.3) is 11.8 Å². The average molecular weight is 689 g/mol. The predicted octanol–water partition coefficient (Wildman–Crippen LogP) is 7.92. The highest BCUT2D eigenvalue weighted by atomic mass is 35.5. The molecule has 0 spiro atoms. The Hall–Kier alpha value is -3.97. The quantitative estimate of drug-likeness (QED) is 0.210. The maximum Gasteiger partial charge on any atom is 0.402 e. The minimum Gasteiger partial charge on any atom is -0.371 e. The Morgan fingerprint density at radius 1 is 0.870 bits per heavy atom. The summed E-state index contributed by atoms with van der Waals surface area (Å²) >= 11 is 12.0. The van der Waals surface area contributed by atoms with Gasteiger partial charge in [0.05, 0.1) is 21.2 Å². The van der Waals surface area contributed by atoms with Gasteiger partial charge in [-0.2, -0.15) is 13.2 Å². The maximum absolute atomic E-state index is 15.5. The van der Waals surface area contributed by atoms with Crippen molar-refractivity contribution in [3.05, 3.63) is 86.9 Å². The van der Waals surface area contributed by atoms with Crippen LogP contribution in [0.25, 0.3) is 0 Å². The molecule has 0 saturated carbocycles. The van der Waals surface area contributed by atoms with Gasteiger partial charge in [-0.25, -0.2) is 13.2 Å². The third-order valence-corrected chi connectivity index (χ3v) is 8.16. The van der Waals surface area contributed by atoms with Gasteiger partial charge in [0.15, 0.2) is 0 Å². The summed E-state index contributed by atoms with van der Waals surface area (Å²) in [5.74, 6) is -4.98. The molecule has 0 radical (unpaired) electrons. The van der Waals surface area contributed by atoms with Gasteiger partial charge in [-0.15, -0.1) is 0 Å². The van der Waals surface area contributed by atoms with Crippen LogP contribution < -0.4 is 20.9 Å². The van der Waals surface area contributed by atoms with Gasteiger partial charge in [0.2, 0.25) is 5.91 Å². The first-order valence-electron chi connectivity index (χ1n) is 13.9. The van der Waals surface area contributed by atoms with Crippen molar-refractivity contribution < 1.29 is 40.7 Å². The number of anilines is 3. The van der Waals surface area contributed by atoms with Crippen molar-refractivity contribution in [2.75, 3.05) is 28.6 Å². The number of hydrogen-bond donors (Lipinski definition) is 3. The Bertz CT molecular complexity index is 1660. The van der Waals surface area contributed by atoms with Crippen molar-refractivity contribution in [2.45, 2.75) is 45.6 Å². The zero-order valence-electron chi connectivity index (χ0n) is 24.4. The molecule has 1 saturated heterocycles. The number of hydrogen-bond acceptors (Lipinski definition) is 4. The third-order valence-electron chi connectivity index (χ3n) is 7.56. The van der Waals surface area contributed by atoms with Crippen LogP contribution >= 0.6 is 23.2 Å². The Kier molecular flexibility index (Phi) is 10.5. The van der Waals surface area contributed by atoms with E-state index in [1.54, 1.807) is 4.90 Å². The average Bonchev–Trinajstić information content (AvgIpc) is 2.98. The Morgan fingerprint density at radius 2 is 1.48 bits per heavy atom. The van der Waals surface area contributed by atoms with Crippen LogP contribution in [0.1, 0.15) is 53.0 Å². The number of nitrogens with one attached hydrogen (secondary N) is 3. The molecule has 3 aromatic carbocycles. The van der Waals surface area contributed by atoms with E-state index in [-0.39, 0.29) is 45.4 Å². The maximum atomic E-state index is 15.5. The lowest BCUT2D eigenvalue weighted by Crippen LogP contribution is -2.46. The van der Waals surface area contributed by atoms with Crippen molar-refractivity contribution in [1.82, 2.24) is 5.32 Å². The molecule has 0 aliphatic carbocycles. The molecule has 0 bridgehead atoms. The van der Waals surface area contributed by atoms with Crippen LogP contribution in [0.2, 0.25) is 10.0 Å². The predicted molar refractivity (Wildman–Crippen MR) is 163 cm³/mol. The molecular weight excluding hydrogens is 661 g/mol. The van der Waals surface area contributed by atoms with E-state index in [1.807, 2.05) is 5.32 Å². The van der Waals surface area contributed by atoms with E-state index in [2.05, 4.69) is 10.6 Å². The number of nitrogens with zero attached hydrogens (tertiary/aromatic N) is 1. The number of halogens is 8. The lowest BCUT2D eigenvalue weighted by atomic mass is 9.91. The van der Waals surface area contributed by atoms with E-state index in [4.69, 9.17) is 23.2 Å². The highest BCUT2D eigenvalue weighted by Gasteiger charge is 2.52. The molecule has 4 rings (SSSR count). The molecule has 1 aliphatic heterocycles. The second-order valence-corrected chi connectivity index (χ2v) is 11.9. The van der Waals surface area contributed by atoms with Crippen molar-refractivity contribution in [3.8, 4) is 0 Å². The molecule has 15 heteroatoms. The van der Waals surface area contributed by atoms with E-state index in [0.717, 1.165) is 18.2 Å². The van der Waals surface area contributed by atoms with Crippen molar-refractivity contribution in [1.29, 1.82) is 0 Å². The fourth-order valence-electron chi connectivity index (χ4n) is 4.59. The molecule has 3 amide bonds. The number of piperidine rings is 1. The van der Waals surface area contributed by atoms with Crippen molar-refractivity contribution in [3.63, 3.8) is 0 Å². The van der Waals surface area contributed by atoms with Crippen LogP contribution in [-0.4, -0.2) is 43.2 Å². The molecule has 7 nitrogen and oxygen atoms in total. The first kappa shape index (κ1) is 34.9. The second-order valence-electron chi connectivity index (χ2n) is 11.1. The Balaban J connectivity index is 1.60. The topological polar surface area (TPSA) is 90.5 Å². The van der Waals surface area contributed by atoms with E-state index < -0.39 is 59.2 Å². The van der Waals surface area contributed by atoms with Gasteiger partial charge in [-0.05, 0) is 69.2 Å². The van der Waals surface area contributed by atoms with Gasteiger partial charge in [-0.3, -0.25) is 14.4 Å². The molecule has 1 fully saturated rings. The second kappa shape index (κ2) is 13.8. The number of alkyl halides is 4. The summed E-state index contributed by atoms with van der Waals surface area (Å²) in [5.41, 5.74) is -3.02. The summed E-state index contributed by atoms with van der Waals surface area (Å²) in [4.78, 5) is 40.6.